The van der Waals surface area contributed by atoms with Crippen LogP contribution in [0.2, 0.25) is 19.6 Å². The molecule has 0 radical (unpaired) electrons. The number of rotatable bonds is 4. The van der Waals surface area contributed by atoms with Gasteiger partial charge in [-0.2, -0.15) is 0 Å². The van der Waals surface area contributed by atoms with E-state index in [0.29, 0.717) is 5.92 Å². The highest BCUT2D eigenvalue weighted by molar-refractivity contribution is 6.88. The summed E-state index contributed by atoms with van der Waals surface area (Å²) in [6.07, 6.45) is 1.04. The third kappa shape index (κ3) is 3.65. The lowest BCUT2D eigenvalue weighted by atomic mass is 9.96. The van der Waals surface area contributed by atoms with Crippen LogP contribution in [0.15, 0.2) is 65.1 Å². The summed E-state index contributed by atoms with van der Waals surface area (Å²) in [4.78, 5) is 5.15. The molecular formula is C29H31NOSi. The maximum Gasteiger partial charge on any atom is 0.144 e. The SMILES string of the molecule is Cc1cc(-c2cc(CC(C)C)c3cc([Si](C)(C)C)ccc3n2)c2oc3ccccc3c2c1. The van der Waals surface area contributed by atoms with Gasteiger partial charge in [-0.25, -0.2) is 4.98 Å². The van der Waals surface area contributed by atoms with Crippen LogP contribution in [0, 0.1) is 12.8 Å². The summed E-state index contributed by atoms with van der Waals surface area (Å²) >= 11 is 0. The van der Waals surface area contributed by atoms with E-state index >= 15 is 0 Å². The van der Waals surface area contributed by atoms with Gasteiger partial charge in [0.05, 0.1) is 19.3 Å². The van der Waals surface area contributed by atoms with E-state index in [2.05, 4.69) is 88.9 Å². The Labute approximate surface area is 191 Å². The Bertz CT molecular complexity index is 1470. The molecule has 0 unspecified atom stereocenters. The second kappa shape index (κ2) is 7.60. The standard InChI is InChI=1S/C29H31NOSi/c1-18(2)13-20-16-27(30-26-12-11-21(17-23(20)26)32(4,5)6)25-15-19(3)14-24-22-9-7-8-10-28(22)31-29(24)25/h7-12,14-18H,13H2,1-6H3. The molecule has 2 aromatic heterocycles. The number of aryl methyl sites for hydroxylation is 1. The molecule has 0 amide bonds. The number of fused-ring (bicyclic) bond motifs is 4. The van der Waals surface area contributed by atoms with Crippen molar-refractivity contribution in [2.75, 3.05) is 0 Å². The Morgan fingerprint density at radius 2 is 1.66 bits per heavy atom. The van der Waals surface area contributed by atoms with Crippen molar-refractivity contribution in [3.63, 3.8) is 0 Å². The Hall–Kier alpha value is -2.91. The van der Waals surface area contributed by atoms with Crippen LogP contribution in [-0.2, 0) is 6.42 Å². The summed E-state index contributed by atoms with van der Waals surface area (Å²) in [6, 6.07) is 22.0. The normalized spacial score (nSPS) is 12.5. The summed E-state index contributed by atoms with van der Waals surface area (Å²) in [5, 5.41) is 5.11. The van der Waals surface area contributed by atoms with Crippen molar-refractivity contribution in [2.24, 2.45) is 5.92 Å². The highest BCUT2D eigenvalue weighted by Crippen LogP contribution is 2.37. The molecule has 3 aromatic carbocycles. The van der Waals surface area contributed by atoms with Crippen LogP contribution in [0.5, 0.6) is 0 Å². The first-order chi connectivity index (χ1) is 15.2. The number of nitrogens with zero attached hydrogens (tertiary/aromatic N) is 1. The van der Waals surface area contributed by atoms with E-state index in [1.807, 2.05) is 12.1 Å². The maximum absolute atomic E-state index is 6.36. The molecule has 0 aliphatic carbocycles. The van der Waals surface area contributed by atoms with Crippen molar-refractivity contribution in [2.45, 2.75) is 46.8 Å². The Kier molecular flexibility index (Phi) is 4.98. The maximum atomic E-state index is 6.36. The van der Waals surface area contributed by atoms with Crippen molar-refractivity contribution in [1.29, 1.82) is 0 Å². The van der Waals surface area contributed by atoms with Crippen LogP contribution < -0.4 is 5.19 Å². The molecular weight excluding hydrogens is 406 g/mol. The van der Waals surface area contributed by atoms with Gasteiger partial charge in [0.1, 0.15) is 11.2 Å². The molecule has 0 aliphatic rings. The number of hydrogen-bond acceptors (Lipinski definition) is 2. The third-order valence-electron chi connectivity index (χ3n) is 6.29. The van der Waals surface area contributed by atoms with Gasteiger partial charge in [-0.15, -0.1) is 0 Å². The van der Waals surface area contributed by atoms with Gasteiger partial charge < -0.3 is 4.42 Å². The predicted molar refractivity (Wildman–Crippen MR) is 141 cm³/mol. The minimum Gasteiger partial charge on any atom is -0.455 e. The van der Waals surface area contributed by atoms with Gasteiger partial charge in [0.15, 0.2) is 0 Å². The third-order valence-corrected chi connectivity index (χ3v) is 8.33. The fourth-order valence-corrected chi connectivity index (χ4v) is 5.83. The molecule has 5 rings (SSSR count). The van der Waals surface area contributed by atoms with E-state index in [9.17, 15) is 0 Å². The summed E-state index contributed by atoms with van der Waals surface area (Å²) in [5.74, 6) is 0.577. The molecule has 0 fully saturated rings. The lowest BCUT2D eigenvalue weighted by Gasteiger charge is -2.19. The smallest absolute Gasteiger partial charge is 0.144 e. The van der Waals surface area contributed by atoms with Crippen molar-refractivity contribution >= 4 is 46.1 Å². The second-order valence-electron chi connectivity index (χ2n) is 10.5. The molecule has 162 valence electrons. The zero-order valence-corrected chi connectivity index (χ0v) is 20.9. The largest absolute Gasteiger partial charge is 0.455 e. The minimum absolute atomic E-state index is 0.577. The van der Waals surface area contributed by atoms with Crippen molar-refractivity contribution in [3.8, 4) is 11.3 Å². The van der Waals surface area contributed by atoms with E-state index in [1.165, 1.54) is 21.7 Å². The minimum atomic E-state index is -1.40. The number of benzene rings is 3. The Morgan fingerprint density at radius 1 is 0.875 bits per heavy atom. The van der Waals surface area contributed by atoms with Crippen LogP contribution in [0.1, 0.15) is 25.0 Å². The molecule has 0 atom stereocenters. The molecule has 2 nitrogen and oxygen atoms in total. The summed E-state index contributed by atoms with van der Waals surface area (Å²) < 4.78 is 6.36. The van der Waals surface area contributed by atoms with Crippen molar-refractivity contribution < 1.29 is 4.42 Å². The van der Waals surface area contributed by atoms with Gasteiger partial charge in [-0.3, -0.25) is 0 Å². The summed E-state index contributed by atoms with van der Waals surface area (Å²) in [5.41, 5.74) is 7.62. The zero-order chi connectivity index (χ0) is 22.6. The molecule has 2 heterocycles. The van der Waals surface area contributed by atoms with Crippen LogP contribution in [0.4, 0.5) is 0 Å². The summed E-state index contributed by atoms with van der Waals surface area (Å²) in [7, 11) is -1.40. The molecule has 5 aromatic rings. The zero-order valence-electron chi connectivity index (χ0n) is 19.9. The molecule has 0 N–H and O–H groups in total. The highest BCUT2D eigenvalue weighted by Gasteiger charge is 2.20. The number of furan rings is 1. The first-order valence-corrected chi connectivity index (χ1v) is 15.1. The molecule has 0 aliphatic heterocycles. The average Bonchev–Trinajstić information content (AvgIpc) is 3.10. The summed E-state index contributed by atoms with van der Waals surface area (Å²) in [6.45, 7) is 14.0. The van der Waals surface area contributed by atoms with Gasteiger partial charge in [0, 0.05) is 21.7 Å². The van der Waals surface area contributed by atoms with Gasteiger partial charge in [-0.05, 0) is 60.7 Å². The average molecular weight is 438 g/mol. The molecule has 3 heteroatoms. The number of hydrogen-bond donors (Lipinski definition) is 0. The Balaban J connectivity index is 1.80. The molecule has 0 saturated heterocycles. The van der Waals surface area contributed by atoms with E-state index in [-0.39, 0.29) is 0 Å². The number of aromatic nitrogens is 1. The van der Waals surface area contributed by atoms with Crippen LogP contribution in [0.25, 0.3) is 44.1 Å². The molecule has 32 heavy (non-hydrogen) atoms. The fraction of sp³-hybridized carbons (Fsp3) is 0.276. The monoisotopic (exact) mass is 437 g/mol. The van der Waals surface area contributed by atoms with E-state index < -0.39 is 8.07 Å². The van der Waals surface area contributed by atoms with Crippen LogP contribution in [-0.4, -0.2) is 13.1 Å². The first kappa shape index (κ1) is 21.0. The molecule has 0 spiro atoms. The first-order valence-electron chi connectivity index (χ1n) is 11.6. The van der Waals surface area contributed by atoms with Crippen molar-refractivity contribution in [1.82, 2.24) is 4.98 Å². The molecule has 0 saturated carbocycles. The van der Waals surface area contributed by atoms with Crippen LogP contribution >= 0.6 is 0 Å². The van der Waals surface area contributed by atoms with E-state index in [1.54, 1.807) is 0 Å². The number of pyridine rings is 1. The fourth-order valence-electron chi connectivity index (χ4n) is 4.67. The number of para-hydroxylation sites is 1. The molecule has 0 bridgehead atoms. The topological polar surface area (TPSA) is 26.0 Å². The second-order valence-corrected chi connectivity index (χ2v) is 15.6. The highest BCUT2D eigenvalue weighted by atomic mass is 28.3. The van der Waals surface area contributed by atoms with Gasteiger partial charge in [-0.1, -0.05) is 69.0 Å². The predicted octanol–water partition coefficient (Wildman–Crippen LogP) is 7.85. The van der Waals surface area contributed by atoms with E-state index in [0.717, 1.165) is 45.1 Å². The van der Waals surface area contributed by atoms with Gasteiger partial charge in [0.2, 0.25) is 0 Å². The lowest BCUT2D eigenvalue weighted by molar-refractivity contribution is 0.650. The van der Waals surface area contributed by atoms with Crippen molar-refractivity contribution in [3.05, 3.63) is 71.8 Å². The quantitative estimate of drug-likeness (QED) is 0.268. The Morgan fingerprint density at radius 3 is 2.41 bits per heavy atom. The van der Waals surface area contributed by atoms with Crippen LogP contribution in [0.3, 0.4) is 0 Å². The van der Waals surface area contributed by atoms with Gasteiger partial charge in [0.25, 0.3) is 0 Å². The van der Waals surface area contributed by atoms with E-state index in [4.69, 9.17) is 9.40 Å². The lowest BCUT2D eigenvalue weighted by Crippen LogP contribution is -2.37. The van der Waals surface area contributed by atoms with Gasteiger partial charge >= 0.3 is 0 Å².